The van der Waals surface area contributed by atoms with Gasteiger partial charge in [0, 0.05) is 0 Å². The molecule has 1 aliphatic carbocycles. The molecule has 0 spiro atoms. The third kappa shape index (κ3) is 0.423. The zero-order valence-corrected chi connectivity index (χ0v) is 3.95. The number of hydrogen-bond donors (Lipinski definition) is 0. The first kappa shape index (κ1) is 4.10. The van der Waals surface area contributed by atoms with E-state index in [0.717, 1.165) is 12.8 Å². The summed E-state index contributed by atoms with van der Waals surface area (Å²) in [6.45, 7) is 1.95. The second-order valence-electron chi connectivity index (χ2n) is 2.07. The summed E-state index contributed by atoms with van der Waals surface area (Å²) in [5.74, 6) is 0.366. The lowest BCUT2D eigenvalue weighted by atomic mass is 9.85. The Balaban J connectivity index is 2.20. The normalized spacial score (nSPS) is 45.0. The Labute approximate surface area is 37.4 Å². The number of rotatable bonds is 0. The van der Waals surface area contributed by atoms with Crippen LogP contribution in [0.25, 0.3) is 0 Å². The van der Waals surface area contributed by atoms with E-state index in [9.17, 15) is 4.39 Å². The molecule has 0 heterocycles. The lowest BCUT2D eigenvalue weighted by molar-refractivity contribution is 0.128. The van der Waals surface area contributed by atoms with Crippen molar-refractivity contribution in [1.29, 1.82) is 0 Å². The van der Waals surface area contributed by atoms with Crippen molar-refractivity contribution in [2.45, 2.75) is 25.9 Å². The van der Waals surface area contributed by atoms with Gasteiger partial charge in [-0.1, -0.05) is 6.92 Å². The minimum Gasteiger partial charge on any atom is -0.247 e. The maximum Gasteiger partial charge on any atom is 0.103 e. The Morgan fingerprint density at radius 1 is 1.50 bits per heavy atom. The molecule has 0 aromatic heterocycles. The highest BCUT2D eigenvalue weighted by Crippen LogP contribution is 2.28. The van der Waals surface area contributed by atoms with E-state index in [-0.39, 0.29) is 0 Å². The zero-order chi connectivity index (χ0) is 4.57. The highest BCUT2D eigenvalue weighted by Gasteiger charge is 2.25. The van der Waals surface area contributed by atoms with Gasteiger partial charge in [0.05, 0.1) is 0 Å². The Morgan fingerprint density at radius 3 is 2.00 bits per heavy atom. The topological polar surface area (TPSA) is 0 Å². The van der Waals surface area contributed by atoms with Crippen molar-refractivity contribution in [2.75, 3.05) is 0 Å². The molecular formula is C5H9F. The highest BCUT2D eigenvalue weighted by molar-refractivity contribution is 4.75. The van der Waals surface area contributed by atoms with Crippen molar-refractivity contribution in [3.05, 3.63) is 0 Å². The van der Waals surface area contributed by atoms with Gasteiger partial charge >= 0.3 is 0 Å². The quantitative estimate of drug-likeness (QED) is 0.423. The Kier molecular flexibility index (Phi) is 0.827. The van der Waals surface area contributed by atoms with Crippen LogP contribution in [0.5, 0.6) is 0 Å². The van der Waals surface area contributed by atoms with Crippen molar-refractivity contribution in [2.24, 2.45) is 5.92 Å². The summed E-state index contributed by atoms with van der Waals surface area (Å²) >= 11 is 0. The van der Waals surface area contributed by atoms with Crippen molar-refractivity contribution in [3.63, 3.8) is 0 Å². The molecule has 0 amide bonds. The largest absolute Gasteiger partial charge is 0.247 e. The van der Waals surface area contributed by atoms with E-state index in [2.05, 4.69) is 0 Å². The van der Waals surface area contributed by atoms with Crippen LogP contribution in [0.1, 0.15) is 19.8 Å². The van der Waals surface area contributed by atoms with E-state index in [4.69, 9.17) is 0 Å². The van der Waals surface area contributed by atoms with Crippen molar-refractivity contribution >= 4 is 0 Å². The number of halogens is 1. The molecule has 0 aromatic rings. The molecule has 1 fully saturated rings. The van der Waals surface area contributed by atoms with Crippen LogP contribution in [0.3, 0.4) is 0 Å². The van der Waals surface area contributed by atoms with Crippen molar-refractivity contribution in [1.82, 2.24) is 0 Å². The molecule has 0 saturated heterocycles. The van der Waals surface area contributed by atoms with Crippen molar-refractivity contribution < 1.29 is 4.39 Å². The summed E-state index contributed by atoms with van der Waals surface area (Å²) in [7, 11) is 0. The SMILES string of the molecule is C[C@@H]1CC[C@@H]1F. The van der Waals surface area contributed by atoms with Crippen LogP contribution in [0.4, 0.5) is 4.39 Å². The molecule has 1 aliphatic rings. The van der Waals surface area contributed by atoms with E-state index >= 15 is 0 Å². The molecule has 0 N–H and O–H groups in total. The predicted molar refractivity (Wildman–Crippen MR) is 23.3 cm³/mol. The van der Waals surface area contributed by atoms with E-state index in [0.29, 0.717) is 5.92 Å². The fourth-order valence-electron chi connectivity index (χ4n) is 0.626. The third-order valence-corrected chi connectivity index (χ3v) is 1.52. The molecule has 0 aromatic carbocycles. The summed E-state index contributed by atoms with van der Waals surface area (Å²) in [5.41, 5.74) is 0. The van der Waals surface area contributed by atoms with E-state index < -0.39 is 6.17 Å². The smallest absolute Gasteiger partial charge is 0.103 e. The molecule has 1 rings (SSSR count). The second-order valence-corrected chi connectivity index (χ2v) is 2.07. The van der Waals surface area contributed by atoms with Crippen LogP contribution >= 0.6 is 0 Å². The second kappa shape index (κ2) is 1.21. The van der Waals surface area contributed by atoms with Gasteiger partial charge in [-0.3, -0.25) is 0 Å². The molecule has 0 unspecified atom stereocenters. The molecule has 2 atom stereocenters. The van der Waals surface area contributed by atoms with Crippen LogP contribution in [0.15, 0.2) is 0 Å². The third-order valence-electron chi connectivity index (χ3n) is 1.52. The molecular weight excluding hydrogens is 79.1 g/mol. The number of hydrogen-bond acceptors (Lipinski definition) is 0. The van der Waals surface area contributed by atoms with Gasteiger partial charge in [-0.2, -0.15) is 0 Å². The van der Waals surface area contributed by atoms with E-state index in [1.807, 2.05) is 6.92 Å². The molecule has 6 heavy (non-hydrogen) atoms. The summed E-state index contributed by atoms with van der Waals surface area (Å²) in [6.07, 6.45) is 1.44. The Bertz CT molecular complexity index is 43.9. The lowest BCUT2D eigenvalue weighted by Gasteiger charge is -2.25. The maximum atomic E-state index is 11.9. The van der Waals surface area contributed by atoms with Crippen LogP contribution in [-0.2, 0) is 0 Å². The summed E-state index contributed by atoms with van der Waals surface area (Å²) < 4.78 is 11.9. The summed E-state index contributed by atoms with van der Waals surface area (Å²) in [4.78, 5) is 0. The van der Waals surface area contributed by atoms with E-state index in [1.165, 1.54) is 0 Å². The standard InChI is InChI=1S/C5H9F/c1-4-2-3-5(4)6/h4-5H,2-3H2,1H3/t4-,5+/m1/s1. The Morgan fingerprint density at radius 2 is 2.00 bits per heavy atom. The van der Waals surface area contributed by atoms with Gasteiger partial charge in [-0.05, 0) is 18.8 Å². The predicted octanol–water partition coefficient (Wildman–Crippen LogP) is 1.75. The summed E-state index contributed by atoms with van der Waals surface area (Å²) in [6, 6.07) is 0. The average molecular weight is 88.1 g/mol. The minimum atomic E-state index is -0.468. The van der Waals surface area contributed by atoms with Crippen LogP contribution in [0.2, 0.25) is 0 Å². The molecule has 1 saturated carbocycles. The molecule has 0 bridgehead atoms. The van der Waals surface area contributed by atoms with Gasteiger partial charge < -0.3 is 0 Å². The Hall–Kier alpha value is -0.0700. The molecule has 1 heteroatoms. The van der Waals surface area contributed by atoms with Gasteiger partial charge in [0.25, 0.3) is 0 Å². The average Bonchev–Trinajstić information content (AvgIpc) is 1.61. The first-order chi connectivity index (χ1) is 2.80. The first-order valence-electron chi connectivity index (χ1n) is 2.45. The van der Waals surface area contributed by atoms with E-state index in [1.54, 1.807) is 0 Å². The van der Waals surface area contributed by atoms with Crippen LogP contribution in [0, 0.1) is 5.92 Å². The highest BCUT2D eigenvalue weighted by atomic mass is 19.1. The monoisotopic (exact) mass is 88.1 g/mol. The molecule has 0 nitrogen and oxygen atoms in total. The van der Waals surface area contributed by atoms with Crippen molar-refractivity contribution in [3.8, 4) is 0 Å². The van der Waals surface area contributed by atoms with Crippen LogP contribution < -0.4 is 0 Å². The molecule has 36 valence electrons. The fraction of sp³-hybridized carbons (Fsp3) is 1.00. The summed E-state index contributed by atoms with van der Waals surface area (Å²) in [5, 5.41) is 0. The van der Waals surface area contributed by atoms with Gasteiger partial charge in [0.1, 0.15) is 6.17 Å². The van der Waals surface area contributed by atoms with Gasteiger partial charge in [0.2, 0.25) is 0 Å². The minimum absolute atomic E-state index is 0.366. The fourth-order valence-corrected chi connectivity index (χ4v) is 0.626. The molecule has 0 radical (unpaired) electrons. The van der Waals surface area contributed by atoms with Gasteiger partial charge in [-0.25, -0.2) is 4.39 Å². The lowest BCUT2D eigenvalue weighted by Crippen LogP contribution is -2.23. The maximum absolute atomic E-state index is 11.9. The molecule has 0 aliphatic heterocycles. The first-order valence-corrected chi connectivity index (χ1v) is 2.45. The zero-order valence-electron chi connectivity index (χ0n) is 3.95. The van der Waals surface area contributed by atoms with Crippen LogP contribution in [-0.4, -0.2) is 6.17 Å². The van der Waals surface area contributed by atoms with Gasteiger partial charge in [-0.15, -0.1) is 0 Å². The number of alkyl halides is 1. The van der Waals surface area contributed by atoms with Gasteiger partial charge in [0.15, 0.2) is 0 Å².